The van der Waals surface area contributed by atoms with Crippen LogP contribution < -0.4 is 5.32 Å². The standard InChI is InChI=1S/C30H37F2N3O5/c1-29(2,3)40-28(38)35-17-13-30(32,14-18-35)26(36)34-15-11-22(12-16-34)24-10-9-23(19-25(24)31)33-27(37)39-20-21-7-5-4-6-8-21/h4-10,19,22H,11-18,20H2,1-3H3,(H,33,37). The lowest BCUT2D eigenvalue weighted by Crippen LogP contribution is -2.55. The Balaban J connectivity index is 1.25. The lowest BCUT2D eigenvalue weighted by Gasteiger charge is -2.40. The maximum Gasteiger partial charge on any atom is 0.411 e. The SMILES string of the molecule is CC(C)(C)OC(=O)N1CCC(F)(C(=O)N2CCC(c3ccc(NC(=O)OCc4ccccc4)cc3F)CC2)CC1. The zero-order valence-electron chi connectivity index (χ0n) is 23.3. The number of likely N-dealkylation sites (tertiary alicyclic amines) is 2. The van der Waals surface area contributed by atoms with Gasteiger partial charge in [-0.2, -0.15) is 0 Å². The Morgan fingerprint density at radius 2 is 1.62 bits per heavy atom. The first-order valence-corrected chi connectivity index (χ1v) is 13.7. The number of hydrogen-bond donors (Lipinski definition) is 1. The van der Waals surface area contributed by atoms with Gasteiger partial charge in [-0.3, -0.25) is 10.1 Å². The third-order valence-corrected chi connectivity index (χ3v) is 7.27. The maximum atomic E-state index is 15.6. The Bertz CT molecular complexity index is 1200. The van der Waals surface area contributed by atoms with Gasteiger partial charge >= 0.3 is 12.2 Å². The zero-order chi connectivity index (χ0) is 28.9. The Morgan fingerprint density at radius 1 is 0.975 bits per heavy atom. The first kappa shape index (κ1) is 29.3. The van der Waals surface area contributed by atoms with Crippen LogP contribution in [0.1, 0.15) is 63.5 Å². The molecule has 2 heterocycles. The van der Waals surface area contributed by atoms with Crippen LogP contribution in [0.2, 0.25) is 0 Å². The molecule has 0 spiro atoms. The van der Waals surface area contributed by atoms with Gasteiger partial charge in [0.25, 0.3) is 5.91 Å². The number of halogens is 2. The van der Waals surface area contributed by atoms with Gasteiger partial charge in [0.2, 0.25) is 0 Å². The van der Waals surface area contributed by atoms with Crippen molar-refractivity contribution in [3.05, 3.63) is 65.5 Å². The molecule has 0 saturated carbocycles. The Kier molecular flexibility index (Phi) is 8.95. The normalized spacial score (nSPS) is 17.7. The summed E-state index contributed by atoms with van der Waals surface area (Å²) in [5.41, 5.74) is -1.06. The van der Waals surface area contributed by atoms with Crippen LogP contribution in [0.5, 0.6) is 0 Å². The molecule has 0 bridgehead atoms. The van der Waals surface area contributed by atoms with Crippen molar-refractivity contribution in [1.82, 2.24) is 9.80 Å². The molecule has 2 aliphatic heterocycles. The van der Waals surface area contributed by atoms with Gasteiger partial charge < -0.3 is 19.3 Å². The summed E-state index contributed by atoms with van der Waals surface area (Å²) in [6.07, 6.45) is -0.359. The zero-order valence-corrected chi connectivity index (χ0v) is 23.3. The molecule has 2 aliphatic rings. The van der Waals surface area contributed by atoms with Gasteiger partial charge in [-0.1, -0.05) is 36.4 Å². The molecule has 0 radical (unpaired) electrons. The number of hydrogen-bond acceptors (Lipinski definition) is 5. The molecule has 216 valence electrons. The van der Waals surface area contributed by atoms with Gasteiger partial charge in [-0.15, -0.1) is 0 Å². The van der Waals surface area contributed by atoms with Crippen molar-refractivity contribution >= 4 is 23.8 Å². The van der Waals surface area contributed by atoms with E-state index in [2.05, 4.69) is 5.32 Å². The van der Waals surface area contributed by atoms with Crippen molar-refractivity contribution in [2.75, 3.05) is 31.5 Å². The molecule has 2 saturated heterocycles. The van der Waals surface area contributed by atoms with Crippen LogP contribution in [0, 0.1) is 5.82 Å². The summed E-state index contributed by atoms with van der Waals surface area (Å²) in [6, 6.07) is 13.7. The van der Waals surface area contributed by atoms with Gasteiger partial charge in [0, 0.05) is 44.7 Å². The van der Waals surface area contributed by atoms with Crippen LogP contribution in [-0.4, -0.2) is 65.3 Å². The van der Waals surface area contributed by atoms with Crippen LogP contribution >= 0.6 is 0 Å². The highest BCUT2D eigenvalue weighted by Gasteiger charge is 2.46. The highest BCUT2D eigenvalue weighted by Crippen LogP contribution is 2.35. The Labute approximate surface area is 233 Å². The molecule has 2 fully saturated rings. The Morgan fingerprint density at radius 3 is 2.23 bits per heavy atom. The average molecular weight is 558 g/mol. The number of anilines is 1. The lowest BCUT2D eigenvalue weighted by molar-refractivity contribution is -0.148. The fraction of sp³-hybridized carbons (Fsp3) is 0.500. The van der Waals surface area contributed by atoms with Crippen molar-refractivity contribution < 1.29 is 32.6 Å². The fourth-order valence-corrected chi connectivity index (χ4v) is 5.07. The summed E-state index contributed by atoms with van der Waals surface area (Å²) in [6.45, 7) is 6.26. The van der Waals surface area contributed by atoms with E-state index in [1.165, 1.54) is 15.9 Å². The van der Waals surface area contributed by atoms with Crippen LogP contribution in [0.25, 0.3) is 0 Å². The smallest absolute Gasteiger partial charge is 0.411 e. The summed E-state index contributed by atoms with van der Waals surface area (Å²) >= 11 is 0. The number of nitrogens with one attached hydrogen (secondary N) is 1. The molecular formula is C30H37F2N3O5. The number of carbonyl (C=O) groups is 3. The van der Waals surface area contributed by atoms with Crippen molar-refractivity contribution in [1.29, 1.82) is 0 Å². The van der Waals surface area contributed by atoms with Crippen molar-refractivity contribution in [3.8, 4) is 0 Å². The minimum Gasteiger partial charge on any atom is -0.444 e. The number of carbonyl (C=O) groups excluding carboxylic acids is 3. The van der Waals surface area contributed by atoms with Crippen molar-refractivity contribution in [2.24, 2.45) is 0 Å². The highest BCUT2D eigenvalue weighted by atomic mass is 19.1. The van der Waals surface area contributed by atoms with Gasteiger partial charge in [0.15, 0.2) is 5.67 Å². The molecule has 2 aromatic carbocycles. The molecule has 1 N–H and O–H groups in total. The molecule has 40 heavy (non-hydrogen) atoms. The molecule has 0 aliphatic carbocycles. The highest BCUT2D eigenvalue weighted by molar-refractivity contribution is 5.86. The van der Waals surface area contributed by atoms with E-state index < -0.39 is 35.2 Å². The topological polar surface area (TPSA) is 88.2 Å². The molecule has 3 amide bonds. The van der Waals surface area contributed by atoms with Gasteiger partial charge in [0.1, 0.15) is 18.0 Å². The molecule has 10 heteroatoms. The molecule has 0 unspecified atom stereocenters. The third kappa shape index (κ3) is 7.49. The maximum absolute atomic E-state index is 15.6. The molecule has 2 aromatic rings. The predicted molar refractivity (Wildman–Crippen MR) is 146 cm³/mol. The monoisotopic (exact) mass is 557 g/mol. The number of amides is 3. The van der Waals surface area contributed by atoms with E-state index in [0.717, 1.165) is 5.56 Å². The summed E-state index contributed by atoms with van der Waals surface area (Å²) in [5, 5.41) is 2.54. The Hall–Kier alpha value is -3.69. The first-order valence-electron chi connectivity index (χ1n) is 13.7. The van der Waals surface area contributed by atoms with E-state index in [9.17, 15) is 18.8 Å². The number of ether oxygens (including phenoxy) is 2. The minimum atomic E-state index is -2.03. The van der Waals surface area contributed by atoms with Crippen LogP contribution in [0.3, 0.4) is 0 Å². The second kappa shape index (κ2) is 12.2. The number of alkyl halides is 1. The summed E-state index contributed by atoms with van der Waals surface area (Å²) < 4.78 is 41.1. The lowest BCUT2D eigenvalue weighted by atomic mass is 9.86. The number of piperidine rings is 2. The second-order valence-corrected chi connectivity index (χ2v) is 11.4. The molecule has 4 rings (SSSR count). The van der Waals surface area contributed by atoms with Crippen LogP contribution in [-0.2, 0) is 20.9 Å². The van der Waals surface area contributed by atoms with Gasteiger partial charge in [0.05, 0.1) is 0 Å². The van der Waals surface area contributed by atoms with Crippen molar-refractivity contribution in [2.45, 2.75) is 70.2 Å². The minimum absolute atomic E-state index is 0.0815. The van der Waals surface area contributed by atoms with Crippen molar-refractivity contribution in [3.63, 3.8) is 0 Å². The summed E-state index contributed by atoms with van der Waals surface area (Å²) in [7, 11) is 0. The molecular weight excluding hydrogens is 520 g/mol. The number of benzene rings is 2. The first-order chi connectivity index (χ1) is 18.9. The van der Waals surface area contributed by atoms with E-state index in [1.54, 1.807) is 32.9 Å². The van der Waals surface area contributed by atoms with Gasteiger partial charge in [-0.05, 0) is 62.8 Å². The third-order valence-electron chi connectivity index (χ3n) is 7.27. The van der Waals surface area contributed by atoms with Crippen LogP contribution in [0.4, 0.5) is 24.1 Å². The molecule has 0 atom stereocenters. The number of rotatable bonds is 5. The molecule has 0 aromatic heterocycles. The summed E-state index contributed by atoms with van der Waals surface area (Å²) in [5.74, 6) is -1.15. The van der Waals surface area contributed by atoms with E-state index in [4.69, 9.17) is 9.47 Å². The van der Waals surface area contributed by atoms with E-state index in [-0.39, 0.29) is 44.1 Å². The number of nitrogens with zero attached hydrogens (tertiary/aromatic N) is 2. The molecule has 8 nitrogen and oxygen atoms in total. The van der Waals surface area contributed by atoms with Crippen LogP contribution in [0.15, 0.2) is 48.5 Å². The van der Waals surface area contributed by atoms with Gasteiger partial charge in [-0.25, -0.2) is 18.4 Å². The fourth-order valence-electron chi connectivity index (χ4n) is 5.07. The van der Waals surface area contributed by atoms with E-state index in [0.29, 0.717) is 31.5 Å². The largest absolute Gasteiger partial charge is 0.444 e. The van der Waals surface area contributed by atoms with E-state index >= 15 is 4.39 Å². The quantitative estimate of drug-likeness (QED) is 0.486. The van der Waals surface area contributed by atoms with E-state index in [1.807, 2.05) is 30.3 Å². The predicted octanol–water partition coefficient (Wildman–Crippen LogP) is 6.02. The average Bonchev–Trinajstić information content (AvgIpc) is 2.92. The second-order valence-electron chi connectivity index (χ2n) is 11.4. The summed E-state index contributed by atoms with van der Waals surface area (Å²) in [4.78, 5) is 40.4.